The monoisotopic (exact) mass is 677 g/mol. The van der Waals surface area contributed by atoms with E-state index >= 15 is 0 Å². The van der Waals surface area contributed by atoms with Gasteiger partial charge in [-0.1, -0.05) is 36.4 Å². The first-order valence-electron chi connectivity index (χ1n) is 17.9. The summed E-state index contributed by atoms with van der Waals surface area (Å²) >= 11 is 0. The highest BCUT2D eigenvalue weighted by Crippen LogP contribution is 2.42. The van der Waals surface area contributed by atoms with Crippen LogP contribution in [-0.2, 0) is 9.59 Å². The average Bonchev–Trinajstić information content (AvgIpc) is 3.74. The van der Waals surface area contributed by atoms with Crippen molar-refractivity contribution in [2.75, 3.05) is 51.2 Å². The van der Waals surface area contributed by atoms with Crippen LogP contribution in [-0.4, -0.2) is 102 Å². The molecular formula is C38H45N9O3. The van der Waals surface area contributed by atoms with E-state index in [1.165, 1.54) is 11.2 Å². The van der Waals surface area contributed by atoms with Gasteiger partial charge in [-0.05, 0) is 75.4 Å². The van der Waals surface area contributed by atoms with Gasteiger partial charge in [0, 0.05) is 56.6 Å². The third-order valence-electron chi connectivity index (χ3n) is 9.46. The van der Waals surface area contributed by atoms with Gasteiger partial charge in [-0.15, -0.1) is 0 Å². The largest absolute Gasteiger partial charge is 0.475 e. The molecule has 6 rings (SSSR count). The van der Waals surface area contributed by atoms with Gasteiger partial charge in [0.05, 0.1) is 32.2 Å². The van der Waals surface area contributed by atoms with Crippen molar-refractivity contribution in [2.24, 2.45) is 21.1 Å². The third kappa shape index (κ3) is 7.35. The van der Waals surface area contributed by atoms with Crippen molar-refractivity contribution < 1.29 is 17.1 Å². The Morgan fingerprint density at radius 3 is 2.56 bits per heavy atom. The molecule has 2 amide bonds. The predicted molar refractivity (Wildman–Crippen MR) is 196 cm³/mol. The molecule has 5 heterocycles. The molecule has 12 heteroatoms. The van der Waals surface area contributed by atoms with Crippen molar-refractivity contribution in [3.63, 3.8) is 0 Å². The van der Waals surface area contributed by atoms with E-state index in [0.29, 0.717) is 67.7 Å². The minimum Gasteiger partial charge on any atom is -0.475 e. The Balaban J connectivity index is 1.10. The fraction of sp³-hybridized carbons (Fsp3) is 0.395. The van der Waals surface area contributed by atoms with Crippen LogP contribution in [0.2, 0.25) is 0 Å². The molecule has 0 unspecified atom stereocenters. The molecule has 3 aliphatic rings. The lowest BCUT2D eigenvalue weighted by Crippen LogP contribution is -2.43. The number of amides is 2. The molecule has 3 N–H and O–H groups in total. The summed E-state index contributed by atoms with van der Waals surface area (Å²) < 4.78 is 23.5. The van der Waals surface area contributed by atoms with Gasteiger partial charge < -0.3 is 15.4 Å². The zero-order chi connectivity index (χ0) is 37.2. The number of pyridine rings is 2. The fourth-order valence-electron chi connectivity index (χ4n) is 6.65. The molecule has 3 aromatic rings. The molecule has 1 atom stereocenters. The highest BCUT2D eigenvalue weighted by molar-refractivity contribution is 6.11. The van der Waals surface area contributed by atoms with E-state index in [9.17, 15) is 9.59 Å². The first-order chi connectivity index (χ1) is 24.8. The van der Waals surface area contributed by atoms with E-state index in [1.54, 1.807) is 41.2 Å². The Morgan fingerprint density at radius 1 is 1.12 bits per heavy atom. The summed E-state index contributed by atoms with van der Waals surface area (Å²) in [7, 11) is 1.63. The number of nitrogens with two attached hydrogens (primary N) is 1. The van der Waals surface area contributed by atoms with Gasteiger partial charge in [0.15, 0.2) is 0 Å². The first-order valence-corrected chi connectivity index (χ1v) is 16.9. The van der Waals surface area contributed by atoms with Crippen LogP contribution < -0.4 is 15.4 Å². The molecule has 2 fully saturated rings. The van der Waals surface area contributed by atoms with E-state index in [0.717, 1.165) is 22.3 Å². The Labute approximate surface area is 296 Å². The molecule has 0 saturated carbocycles. The third-order valence-corrected chi connectivity index (χ3v) is 9.46. The second-order valence-corrected chi connectivity index (χ2v) is 13.2. The SMILES string of the molecule is [2H]C([2H])(C(=O)N1CC=C(c2ccc(C(N)=NC=NC)cc2)CC1)N1CC[C@]2(CCN(c3ccc(C)c(C(=N)c4ccc(OC(C)C)nc4)n3)C2=O)C1. The van der Waals surface area contributed by atoms with Crippen LogP contribution in [0.15, 0.2) is 70.8 Å². The Bertz CT molecular complexity index is 1940. The fourth-order valence-corrected chi connectivity index (χ4v) is 6.65. The minimum absolute atomic E-state index is 0.0173. The normalized spacial score (nSPS) is 20.9. The topological polar surface area (TPSA) is 153 Å². The zero-order valence-electron chi connectivity index (χ0n) is 31.0. The number of benzene rings is 1. The standard InChI is InChI=1S/C38H45N9O3/c1-25(2)50-32-12-10-30(21-42-32)34(39)35-26(3)5-11-31(44-35)47-20-16-38(37(47)49)15-19-45(23-38)22-33(48)46-17-13-28(14-18-46)27-6-8-29(9-7-27)36(40)43-24-41-4/h5-13,21,24-25,39H,14-20,22-23H2,1-4H3,(H2,40,41,43)/t38-/m0/s1/i22D2. The number of nitrogens with one attached hydrogen (secondary N) is 1. The lowest BCUT2D eigenvalue weighted by atomic mass is 9.85. The van der Waals surface area contributed by atoms with Gasteiger partial charge in [0.2, 0.25) is 17.7 Å². The Morgan fingerprint density at radius 2 is 1.88 bits per heavy atom. The van der Waals surface area contributed by atoms with Gasteiger partial charge >= 0.3 is 0 Å². The second kappa shape index (κ2) is 14.7. The number of hydrogen-bond donors (Lipinski definition) is 2. The van der Waals surface area contributed by atoms with Crippen LogP contribution in [0.1, 0.15) is 63.8 Å². The number of nitrogens with zero attached hydrogens (tertiary/aromatic N) is 7. The molecule has 2 saturated heterocycles. The summed E-state index contributed by atoms with van der Waals surface area (Å²) in [6.07, 6.45) is 6.49. The summed E-state index contributed by atoms with van der Waals surface area (Å²) in [5.41, 5.74) is 10.1. The van der Waals surface area contributed by atoms with Gasteiger partial charge in [0.25, 0.3) is 0 Å². The lowest BCUT2D eigenvalue weighted by molar-refractivity contribution is -0.132. The van der Waals surface area contributed by atoms with Crippen molar-refractivity contribution >= 4 is 41.1 Å². The molecular weight excluding hydrogens is 630 g/mol. The number of aliphatic imine (C=N–C) groups is 2. The highest BCUT2D eigenvalue weighted by Gasteiger charge is 2.51. The predicted octanol–water partition coefficient (Wildman–Crippen LogP) is 4.10. The molecule has 260 valence electrons. The maximum Gasteiger partial charge on any atom is 0.237 e. The van der Waals surface area contributed by atoms with Crippen LogP contribution in [0.4, 0.5) is 5.82 Å². The summed E-state index contributed by atoms with van der Waals surface area (Å²) in [5, 5.41) is 8.87. The number of carbonyl (C=O) groups is 2. The van der Waals surface area contributed by atoms with Crippen molar-refractivity contribution in [2.45, 2.75) is 46.1 Å². The van der Waals surface area contributed by atoms with Crippen LogP contribution in [0.3, 0.4) is 0 Å². The van der Waals surface area contributed by atoms with Gasteiger partial charge in [-0.3, -0.25) is 29.8 Å². The van der Waals surface area contributed by atoms with Crippen molar-refractivity contribution in [1.29, 1.82) is 5.41 Å². The molecule has 1 spiro atoms. The maximum atomic E-state index is 14.0. The highest BCUT2D eigenvalue weighted by atomic mass is 16.5. The van der Waals surface area contributed by atoms with Gasteiger partial charge in [0.1, 0.15) is 18.0 Å². The molecule has 1 aromatic carbocycles. The zero-order valence-corrected chi connectivity index (χ0v) is 29.0. The number of likely N-dealkylation sites (tertiary alicyclic amines) is 1. The van der Waals surface area contributed by atoms with Crippen molar-refractivity contribution in [1.82, 2.24) is 19.8 Å². The Kier molecular flexibility index (Phi) is 9.42. The Hall–Kier alpha value is -5.23. The number of carbonyl (C=O) groups excluding carboxylic acids is 2. The molecule has 50 heavy (non-hydrogen) atoms. The maximum absolute atomic E-state index is 14.0. The molecule has 12 nitrogen and oxygen atoms in total. The van der Waals surface area contributed by atoms with Crippen LogP contribution in [0, 0.1) is 17.7 Å². The van der Waals surface area contributed by atoms with E-state index in [2.05, 4.69) is 15.0 Å². The van der Waals surface area contributed by atoms with Gasteiger partial charge in [-0.2, -0.15) is 0 Å². The smallest absolute Gasteiger partial charge is 0.237 e. The molecule has 0 aliphatic carbocycles. The molecule has 0 radical (unpaired) electrons. The van der Waals surface area contributed by atoms with Crippen LogP contribution in [0.25, 0.3) is 5.57 Å². The average molecular weight is 678 g/mol. The van der Waals surface area contributed by atoms with E-state index in [4.69, 9.17) is 23.6 Å². The first kappa shape index (κ1) is 32.0. The summed E-state index contributed by atoms with van der Waals surface area (Å²) in [5.74, 6) is 0.569. The van der Waals surface area contributed by atoms with E-state index in [1.807, 2.05) is 57.2 Å². The van der Waals surface area contributed by atoms with Gasteiger partial charge in [-0.25, -0.2) is 15.0 Å². The number of aryl methyl sites for hydroxylation is 1. The number of hydrogen-bond acceptors (Lipinski definition) is 8. The van der Waals surface area contributed by atoms with E-state index < -0.39 is 17.8 Å². The van der Waals surface area contributed by atoms with E-state index in [-0.39, 0.29) is 30.8 Å². The number of rotatable bonds is 10. The number of aromatic nitrogens is 2. The summed E-state index contributed by atoms with van der Waals surface area (Å²) in [6.45, 7) is 4.98. The second-order valence-electron chi connectivity index (χ2n) is 13.2. The van der Waals surface area contributed by atoms with Crippen LogP contribution in [0.5, 0.6) is 5.88 Å². The minimum atomic E-state index is -2.27. The molecule has 3 aliphatic heterocycles. The summed E-state index contributed by atoms with van der Waals surface area (Å²) in [4.78, 5) is 49.4. The quantitative estimate of drug-likeness (QED) is 0.242. The number of anilines is 1. The summed E-state index contributed by atoms with van der Waals surface area (Å²) in [6, 6.07) is 14.9. The van der Waals surface area contributed by atoms with Crippen LogP contribution >= 0.6 is 0 Å². The van der Waals surface area contributed by atoms with Crippen molar-refractivity contribution in [3.05, 3.63) is 88.8 Å². The lowest BCUT2D eigenvalue weighted by Gasteiger charge is -2.29. The number of amidine groups is 1. The van der Waals surface area contributed by atoms with Crippen molar-refractivity contribution in [3.8, 4) is 5.88 Å². The number of ether oxygens (including phenoxy) is 1. The molecule has 2 aromatic heterocycles. The molecule has 0 bridgehead atoms.